The van der Waals surface area contributed by atoms with Crippen LogP contribution in [0.5, 0.6) is 0 Å². The Labute approximate surface area is 342 Å². The van der Waals surface area contributed by atoms with E-state index in [1.807, 2.05) is 24.3 Å². The maximum atomic E-state index is 14.8. The number of hydrogen-bond donors (Lipinski definition) is 0. The molecule has 0 aliphatic carbocycles. The third-order valence-electron chi connectivity index (χ3n) is 13.3. The van der Waals surface area contributed by atoms with E-state index in [9.17, 15) is 19.2 Å². The van der Waals surface area contributed by atoms with E-state index in [1.54, 1.807) is 24.3 Å². The number of benzene rings is 3. The standard InChI is InChI=1S/C44H50Cl2N4O4Si2/c1-25(2)55(26(3)4,27(5)6)23-21-33-31-17-13-14-18-32(31)34(22-24-56(28(7)8,29(9)10)30(11)12)38-37(33)49-41(53)39(51)47-35-19-15-16-20-36(35)48-40(52)42(54)50(38)44(48,46)43(47,49)45/h13-20,25-30H,1-12H3. The summed E-state index contributed by atoms with van der Waals surface area (Å²) in [6.45, 7) is 26.7. The Bertz CT molecular complexity index is 2180. The van der Waals surface area contributed by atoms with Crippen LogP contribution in [0.1, 0.15) is 94.2 Å². The number of amides is 4. The molecule has 0 aromatic heterocycles. The van der Waals surface area contributed by atoms with Crippen LogP contribution in [0.25, 0.3) is 10.8 Å². The lowest BCUT2D eigenvalue weighted by Crippen LogP contribution is -2.77. The number of anilines is 4. The first-order chi connectivity index (χ1) is 26.2. The molecule has 2 fully saturated rings. The zero-order chi connectivity index (χ0) is 41.2. The molecule has 292 valence electrons. The molecule has 3 aromatic rings. The Morgan fingerprint density at radius 1 is 0.464 bits per heavy atom. The van der Waals surface area contributed by atoms with Gasteiger partial charge in [0.2, 0.25) is 0 Å². The number of nitrogens with zero attached hydrogens (tertiary/aromatic N) is 4. The fourth-order valence-electron chi connectivity index (χ4n) is 10.9. The predicted molar refractivity (Wildman–Crippen MR) is 233 cm³/mol. The molecule has 12 heteroatoms. The molecule has 4 aliphatic heterocycles. The van der Waals surface area contributed by atoms with Crippen LogP contribution in [0.2, 0.25) is 33.2 Å². The van der Waals surface area contributed by atoms with Gasteiger partial charge in [0, 0.05) is 10.8 Å². The van der Waals surface area contributed by atoms with Crippen molar-refractivity contribution in [2.45, 2.75) is 127 Å². The lowest BCUT2D eigenvalue weighted by atomic mass is 9.91. The lowest BCUT2D eigenvalue weighted by molar-refractivity contribution is -0.134. The second kappa shape index (κ2) is 13.2. The van der Waals surface area contributed by atoms with Crippen LogP contribution >= 0.6 is 23.2 Å². The van der Waals surface area contributed by atoms with Gasteiger partial charge in [-0.1, -0.05) is 155 Å². The normalized spacial score (nSPS) is 21.5. The minimum absolute atomic E-state index is 0.153. The number of halogens is 2. The van der Waals surface area contributed by atoms with Gasteiger partial charge in [0.15, 0.2) is 0 Å². The summed E-state index contributed by atoms with van der Waals surface area (Å²) >= 11 is 15.6. The quantitative estimate of drug-likeness (QED) is 0.0816. The maximum Gasteiger partial charge on any atom is 0.320 e. The summed E-state index contributed by atoms with van der Waals surface area (Å²) in [5.41, 5.74) is 10.9. The van der Waals surface area contributed by atoms with Crippen LogP contribution in [0.15, 0.2) is 48.5 Å². The van der Waals surface area contributed by atoms with Crippen molar-refractivity contribution >= 4 is 96.5 Å². The van der Waals surface area contributed by atoms with Crippen molar-refractivity contribution < 1.29 is 19.2 Å². The van der Waals surface area contributed by atoms with Gasteiger partial charge in [-0.3, -0.25) is 38.8 Å². The molecule has 3 aromatic carbocycles. The van der Waals surface area contributed by atoms with Crippen molar-refractivity contribution in [2.75, 3.05) is 19.6 Å². The van der Waals surface area contributed by atoms with Crippen molar-refractivity contribution in [3.8, 4) is 22.9 Å². The Morgan fingerprint density at radius 3 is 1.02 bits per heavy atom. The molecule has 8 nitrogen and oxygen atoms in total. The van der Waals surface area contributed by atoms with Crippen molar-refractivity contribution in [1.82, 2.24) is 0 Å². The summed E-state index contributed by atoms with van der Waals surface area (Å²) in [5, 5.41) is -3.19. The molecule has 2 unspecified atom stereocenters. The molecule has 4 heterocycles. The number of hydrogen-bond acceptors (Lipinski definition) is 4. The topological polar surface area (TPSA) is 81.2 Å². The van der Waals surface area contributed by atoms with E-state index in [-0.39, 0.29) is 56.0 Å². The molecule has 56 heavy (non-hydrogen) atoms. The van der Waals surface area contributed by atoms with Crippen molar-refractivity contribution in [2.24, 2.45) is 0 Å². The van der Waals surface area contributed by atoms with E-state index in [1.165, 1.54) is 9.80 Å². The smallest absolute Gasteiger partial charge is 0.263 e. The Morgan fingerprint density at radius 2 is 0.732 bits per heavy atom. The van der Waals surface area contributed by atoms with Crippen LogP contribution in [0, 0.1) is 22.9 Å². The summed E-state index contributed by atoms with van der Waals surface area (Å²) in [7, 11) is -4.82. The summed E-state index contributed by atoms with van der Waals surface area (Å²) in [5.74, 6) is 3.45. The van der Waals surface area contributed by atoms with Crippen molar-refractivity contribution in [3.63, 3.8) is 0 Å². The molecule has 2 saturated heterocycles. The first-order valence-corrected chi connectivity index (χ1v) is 24.9. The Hall–Kier alpha value is -4.07. The van der Waals surface area contributed by atoms with Gasteiger partial charge in [-0.15, -0.1) is 11.1 Å². The average Bonchev–Trinajstić information content (AvgIpc) is 3.46. The van der Waals surface area contributed by atoms with Crippen molar-refractivity contribution in [1.29, 1.82) is 0 Å². The van der Waals surface area contributed by atoms with Gasteiger partial charge < -0.3 is 0 Å². The van der Waals surface area contributed by atoms with E-state index in [2.05, 4.69) is 106 Å². The average molecular weight is 826 g/mol. The van der Waals surface area contributed by atoms with Crippen LogP contribution in [-0.2, 0) is 19.2 Å². The summed E-state index contributed by atoms with van der Waals surface area (Å²) in [6, 6.07) is 14.2. The third-order valence-corrected chi connectivity index (χ3v) is 27.2. The minimum Gasteiger partial charge on any atom is -0.263 e. The molecule has 0 radical (unpaired) electrons. The molecule has 4 aliphatic rings. The summed E-state index contributed by atoms with van der Waals surface area (Å²) in [4.78, 5) is 63.2. The highest BCUT2D eigenvalue weighted by Crippen LogP contribution is 2.66. The van der Waals surface area contributed by atoms with Crippen molar-refractivity contribution in [3.05, 3.63) is 59.7 Å². The molecule has 0 spiro atoms. The second-order valence-electron chi connectivity index (χ2n) is 17.5. The molecule has 2 atom stereocenters. The van der Waals surface area contributed by atoms with E-state index in [0.717, 1.165) is 9.80 Å². The summed E-state index contributed by atoms with van der Waals surface area (Å²) in [6.07, 6.45) is 0. The highest BCUT2D eigenvalue weighted by atomic mass is 35.5. The van der Waals surface area contributed by atoms with Gasteiger partial charge in [0.05, 0.1) is 33.9 Å². The largest absolute Gasteiger partial charge is 0.320 e. The third kappa shape index (κ3) is 4.73. The lowest BCUT2D eigenvalue weighted by Gasteiger charge is -2.58. The zero-order valence-corrected chi connectivity index (χ0v) is 37.8. The molecule has 0 saturated carbocycles. The molecule has 0 bridgehead atoms. The number of rotatable bonds is 6. The SMILES string of the molecule is CC(C)[Si](C#Cc1c2c(c(C#C[Si](C(C)C)(C(C)C)C(C)C)c3ccccc13)N1C(=O)C(=O)N3c4ccccc4N4C(=O)C(=O)N2C4(Cl)C31Cl)(C(C)C)C(C)C. The van der Waals surface area contributed by atoms with Gasteiger partial charge in [-0.25, -0.2) is 0 Å². The van der Waals surface area contributed by atoms with E-state index in [0.29, 0.717) is 21.9 Å². The van der Waals surface area contributed by atoms with E-state index >= 15 is 0 Å². The highest BCUT2D eigenvalue weighted by molar-refractivity contribution is 6.91. The fourth-order valence-corrected chi connectivity index (χ4v) is 22.3. The summed E-state index contributed by atoms with van der Waals surface area (Å²) < 4.78 is 0. The Kier molecular flexibility index (Phi) is 9.49. The monoisotopic (exact) mass is 824 g/mol. The van der Waals surface area contributed by atoms with Crippen LogP contribution in [0.4, 0.5) is 22.7 Å². The molecule has 0 N–H and O–H groups in total. The van der Waals surface area contributed by atoms with Gasteiger partial charge in [-0.2, -0.15) is 0 Å². The molecule has 4 amide bonds. The number of carbonyl (C=O) groups excluding carboxylic acids is 4. The van der Waals surface area contributed by atoms with E-state index < -0.39 is 50.0 Å². The predicted octanol–water partition coefficient (Wildman–Crippen LogP) is 9.85. The molecule has 7 rings (SSSR count). The van der Waals surface area contributed by atoms with Crippen LogP contribution in [-0.4, -0.2) is 50.0 Å². The van der Waals surface area contributed by atoms with E-state index in [4.69, 9.17) is 23.2 Å². The van der Waals surface area contributed by atoms with Gasteiger partial charge in [-0.05, 0) is 45.4 Å². The number of alkyl halides is 2. The van der Waals surface area contributed by atoms with Gasteiger partial charge in [0.1, 0.15) is 16.1 Å². The van der Waals surface area contributed by atoms with Crippen LogP contribution in [0.3, 0.4) is 0 Å². The second-order valence-corrected chi connectivity index (χ2v) is 29.7. The van der Waals surface area contributed by atoms with Gasteiger partial charge in [0.25, 0.3) is 10.2 Å². The molecular weight excluding hydrogens is 776 g/mol. The van der Waals surface area contributed by atoms with Crippen LogP contribution < -0.4 is 19.6 Å². The first kappa shape index (κ1) is 40.1. The zero-order valence-electron chi connectivity index (χ0n) is 34.3. The number of carbonyl (C=O) groups is 4. The Balaban J connectivity index is 1.73. The van der Waals surface area contributed by atoms with Gasteiger partial charge >= 0.3 is 23.6 Å². The number of fused-ring (bicyclic) bond motifs is 7. The molecular formula is C44H50Cl2N4O4Si2. The minimum atomic E-state index is -2.41. The fraction of sp³-hybridized carbons (Fsp3) is 0.455. The first-order valence-electron chi connectivity index (χ1n) is 19.7. The number of para-hydroxylation sites is 2. The highest BCUT2D eigenvalue weighted by Gasteiger charge is 2.82. The maximum absolute atomic E-state index is 14.8.